The second kappa shape index (κ2) is 5.97. The molecule has 1 N–H and O–H groups in total. The molecule has 0 atom stereocenters. The molecule has 6 heteroatoms. The normalized spacial score (nSPS) is 9.83. The Morgan fingerprint density at radius 1 is 1.28 bits per heavy atom. The number of hydrogen-bond donors (Lipinski definition) is 1. The fourth-order valence-corrected chi connectivity index (χ4v) is 1.33. The summed E-state index contributed by atoms with van der Waals surface area (Å²) in [6, 6.07) is 10.3. The Kier molecular flexibility index (Phi) is 4.09. The van der Waals surface area contributed by atoms with Crippen LogP contribution in [0, 0.1) is 0 Å². The molecule has 0 spiro atoms. The van der Waals surface area contributed by atoms with Crippen LogP contribution in [0.1, 0.15) is 0 Å². The molecule has 18 heavy (non-hydrogen) atoms. The van der Waals surface area contributed by atoms with Crippen molar-refractivity contribution in [3.8, 4) is 11.6 Å². The van der Waals surface area contributed by atoms with Crippen molar-refractivity contribution >= 4 is 23.2 Å². The van der Waals surface area contributed by atoms with Gasteiger partial charge in [-0.15, -0.1) is 16.7 Å². The molecule has 0 saturated heterocycles. The molecule has 0 radical (unpaired) electrons. The van der Waals surface area contributed by atoms with E-state index in [2.05, 4.69) is 15.5 Å². The quantitative estimate of drug-likeness (QED) is 0.861. The van der Waals surface area contributed by atoms with Crippen molar-refractivity contribution in [2.24, 2.45) is 0 Å². The SMILES string of the molecule is O=C(CCl)Nc1ccc(Oc2cccnn2)cc1. The molecule has 1 heterocycles. The molecular weight excluding hydrogens is 254 g/mol. The number of aromatic nitrogens is 2. The van der Waals surface area contributed by atoms with Crippen LogP contribution in [-0.2, 0) is 4.79 Å². The van der Waals surface area contributed by atoms with Gasteiger partial charge in [-0.1, -0.05) is 0 Å². The summed E-state index contributed by atoms with van der Waals surface area (Å²) in [6.45, 7) is 0. The first-order valence-electron chi connectivity index (χ1n) is 5.19. The minimum Gasteiger partial charge on any atom is -0.438 e. The van der Waals surface area contributed by atoms with Crippen molar-refractivity contribution in [3.63, 3.8) is 0 Å². The van der Waals surface area contributed by atoms with Gasteiger partial charge in [0.05, 0.1) is 0 Å². The molecule has 0 unspecified atom stereocenters. The van der Waals surface area contributed by atoms with Crippen LogP contribution in [0.2, 0.25) is 0 Å². The largest absolute Gasteiger partial charge is 0.438 e. The lowest BCUT2D eigenvalue weighted by atomic mass is 10.3. The Bertz CT molecular complexity index is 517. The van der Waals surface area contributed by atoms with Crippen LogP contribution in [0.3, 0.4) is 0 Å². The monoisotopic (exact) mass is 263 g/mol. The van der Waals surface area contributed by atoms with Gasteiger partial charge in [0.25, 0.3) is 0 Å². The van der Waals surface area contributed by atoms with Gasteiger partial charge in [0, 0.05) is 18.0 Å². The zero-order chi connectivity index (χ0) is 12.8. The summed E-state index contributed by atoms with van der Waals surface area (Å²) in [5.74, 6) is 0.700. The van der Waals surface area contributed by atoms with Crippen LogP contribution in [-0.4, -0.2) is 22.0 Å². The van der Waals surface area contributed by atoms with Crippen molar-refractivity contribution in [1.82, 2.24) is 10.2 Å². The number of rotatable bonds is 4. The summed E-state index contributed by atoms with van der Waals surface area (Å²) in [4.78, 5) is 11.1. The van der Waals surface area contributed by atoms with Gasteiger partial charge in [-0.3, -0.25) is 4.79 Å². The zero-order valence-electron chi connectivity index (χ0n) is 9.34. The number of nitrogens with one attached hydrogen (secondary N) is 1. The van der Waals surface area contributed by atoms with Gasteiger partial charge in [-0.25, -0.2) is 0 Å². The predicted molar refractivity (Wildman–Crippen MR) is 67.9 cm³/mol. The fourth-order valence-electron chi connectivity index (χ4n) is 1.26. The minimum atomic E-state index is -0.251. The Morgan fingerprint density at radius 2 is 2.06 bits per heavy atom. The van der Waals surface area contributed by atoms with Gasteiger partial charge in [0.1, 0.15) is 11.6 Å². The average Bonchev–Trinajstić information content (AvgIpc) is 2.42. The fraction of sp³-hybridized carbons (Fsp3) is 0.0833. The van der Waals surface area contributed by atoms with E-state index in [0.29, 0.717) is 17.3 Å². The maximum Gasteiger partial charge on any atom is 0.239 e. The van der Waals surface area contributed by atoms with Crippen molar-refractivity contribution in [2.45, 2.75) is 0 Å². The smallest absolute Gasteiger partial charge is 0.239 e. The molecule has 1 aromatic heterocycles. The molecule has 0 aliphatic rings. The van der Waals surface area contributed by atoms with E-state index in [-0.39, 0.29) is 11.8 Å². The minimum absolute atomic E-state index is 0.0716. The summed E-state index contributed by atoms with van der Waals surface area (Å²) in [7, 11) is 0. The third-order valence-corrected chi connectivity index (χ3v) is 2.27. The van der Waals surface area contributed by atoms with Crippen molar-refractivity contribution in [1.29, 1.82) is 0 Å². The topological polar surface area (TPSA) is 64.1 Å². The van der Waals surface area contributed by atoms with Gasteiger partial charge in [0.15, 0.2) is 0 Å². The highest BCUT2D eigenvalue weighted by atomic mass is 35.5. The van der Waals surface area contributed by atoms with Gasteiger partial charge < -0.3 is 10.1 Å². The second-order valence-corrected chi connectivity index (χ2v) is 3.64. The number of carbonyl (C=O) groups excluding carboxylic acids is 1. The van der Waals surface area contributed by atoms with E-state index in [1.807, 2.05) is 0 Å². The molecule has 2 rings (SSSR count). The van der Waals surface area contributed by atoms with E-state index in [9.17, 15) is 4.79 Å². The van der Waals surface area contributed by atoms with Crippen molar-refractivity contribution in [2.75, 3.05) is 11.2 Å². The third kappa shape index (κ3) is 3.43. The number of amides is 1. The Morgan fingerprint density at radius 3 is 2.67 bits per heavy atom. The molecule has 92 valence electrons. The van der Waals surface area contributed by atoms with E-state index in [1.165, 1.54) is 0 Å². The van der Waals surface area contributed by atoms with Crippen LogP contribution >= 0.6 is 11.6 Å². The molecule has 0 bridgehead atoms. The summed E-state index contributed by atoms with van der Waals surface area (Å²) in [6.07, 6.45) is 1.57. The molecule has 0 aliphatic carbocycles. The number of benzene rings is 1. The first kappa shape index (κ1) is 12.3. The van der Waals surface area contributed by atoms with Crippen LogP contribution in [0.25, 0.3) is 0 Å². The van der Waals surface area contributed by atoms with Gasteiger partial charge in [-0.05, 0) is 30.3 Å². The summed E-state index contributed by atoms with van der Waals surface area (Å²) >= 11 is 5.39. The highest BCUT2D eigenvalue weighted by Crippen LogP contribution is 2.20. The maximum atomic E-state index is 11.1. The van der Waals surface area contributed by atoms with Gasteiger partial charge in [-0.2, -0.15) is 5.10 Å². The highest BCUT2D eigenvalue weighted by molar-refractivity contribution is 6.29. The lowest BCUT2D eigenvalue weighted by Gasteiger charge is -2.05. The molecule has 2 aromatic rings. The molecule has 1 aromatic carbocycles. The van der Waals surface area contributed by atoms with Crippen LogP contribution in [0.4, 0.5) is 5.69 Å². The van der Waals surface area contributed by atoms with Crippen molar-refractivity contribution < 1.29 is 9.53 Å². The van der Waals surface area contributed by atoms with E-state index in [4.69, 9.17) is 16.3 Å². The number of nitrogens with zero attached hydrogens (tertiary/aromatic N) is 2. The van der Waals surface area contributed by atoms with E-state index in [1.54, 1.807) is 42.6 Å². The first-order valence-corrected chi connectivity index (χ1v) is 5.73. The lowest BCUT2D eigenvalue weighted by Crippen LogP contribution is -2.12. The van der Waals surface area contributed by atoms with Crippen LogP contribution in [0.15, 0.2) is 42.6 Å². The highest BCUT2D eigenvalue weighted by Gasteiger charge is 2.01. The van der Waals surface area contributed by atoms with Crippen LogP contribution in [0.5, 0.6) is 11.6 Å². The molecule has 0 aliphatic heterocycles. The maximum absolute atomic E-state index is 11.1. The Labute approximate surface area is 109 Å². The number of anilines is 1. The van der Waals surface area contributed by atoms with Crippen LogP contribution < -0.4 is 10.1 Å². The summed E-state index contributed by atoms with van der Waals surface area (Å²) in [5.41, 5.74) is 0.659. The van der Waals surface area contributed by atoms with Gasteiger partial charge >= 0.3 is 0 Å². The Hall–Kier alpha value is -2.14. The zero-order valence-corrected chi connectivity index (χ0v) is 10.1. The summed E-state index contributed by atoms with van der Waals surface area (Å²) < 4.78 is 5.45. The first-order chi connectivity index (χ1) is 8.78. The molecule has 0 fully saturated rings. The Balaban J connectivity index is 2.02. The number of halogens is 1. The van der Waals surface area contributed by atoms with E-state index < -0.39 is 0 Å². The number of hydrogen-bond acceptors (Lipinski definition) is 4. The standard InChI is InChI=1S/C12H10ClN3O2/c13-8-11(17)15-9-3-5-10(6-4-9)18-12-2-1-7-14-16-12/h1-7H,8H2,(H,15,17). The second-order valence-electron chi connectivity index (χ2n) is 3.37. The van der Waals surface area contributed by atoms with E-state index in [0.717, 1.165) is 0 Å². The van der Waals surface area contributed by atoms with Crippen molar-refractivity contribution in [3.05, 3.63) is 42.6 Å². The molecule has 0 saturated carbocycles. The number of alkyl halides is 1. The van der Waals surface area contributed by atoms with E-state index >= 15 is 0 Å². The lowest BCUT2D eigenvalue weighted by molar-refractivity contribution is -0.113. The molecule has 5 nitrogen and oxygen atoms in total. The summed E-state index contributed by atoms with van der Waals surface area (Å²) in [5, 5.41) is 10.1. The average molecular weight is 264 g/mol. The molecular formula is C12H10ClN3O2. The third-order valence-electron chi connectivity index (χ3n) is 2.03. The molecule has 1 amide bonds. The predicted octanol–water partition coefficient (Wildman–Crippen LogP) is 2.45. The number of ether oxygens (including phenoxy) is 1. The number of carbonyl (C=O) groups is 1. The van der Waals surface area contributed by atoms with Gasteiger partial charge in [0.2, 0.25) is 11.8 Å².